The van der Waals surface area contributed by atoms with Gasteiger partial charge in [-0.3, -0.25) is 13.9 Å². The van der Waals surface area contributed by atoms with Crippen LogP contribution in [0.15, 0.2) is 43.1 Å². The second-order valence-electron chi connectivity index (χ2n) is 8.03. The molecule has 0 saturated heterocycles. The molecule has 0 aliphatic heterocycles. The maximum atomic E-state index is 13.7. The molecule has 1 aromatic carbocycles. The second-order valence-corrected chi connectivity index (χ2v) is 11.4. The summed E-state index contributed by atoms with van der Waals surface area (Å²) < 4.78 is 44.0. The number of thiophene rings is 1. The average Bonchev–Trinajstić information content (AvgIpc) is 3.33. The molecule has 0 aliphatic carbocycles. The fraction of sp³-hybridized carbons (Fsp3) is 0.333. The zero-order valence-corrected chi connectivity index (χ0v) is 20.8. The Morgan fingerprint density at radius 3 is 2.47 bits per heavy atom. The molecule has 0 fully saturated rings. The van der Waals surface area contributed by atoms with Crippen molar-refractivity contribution in [2.45, 2.75) is 42.2 Å². The zero-order chi connectivity index (χ0) is 24.8. The Hall–Kier alpha value is -2.64. The summed E-state index contributed by atoms with van der Waals surface area (Å²) >= 11 is 3.39. The van der Waals surface area contributed by atoms with Gasteiger partial charge in [-0.25, -0.2) is 4.79 Å². The molecule has 0 saturated carbocycles. The Morgan fingerprint density at radius 1 is 1.15 bits per heavy atom. The summed E-state index contributed by atoms with van der Waals surface area (Å²) in [5, 5.41) is 8.30. The summed E-state index contributed by atoms with van der Waals surface area (Å²) in [5.41, 5.74) is 4.06. The normalized spacial score (nSPS) is 12.2. The van der Waals surface area contributed by atoms with Gasteiger partial charge in [-0.15, -0.1) is 21.5 Å². The van der Waals surface area contributed by atoms with Crippen LogP contribution in [0.1, 0.15) is 29.9 Å². The molecule has 3 aromatic heterocycles. The maximum Gasteiger partial charge on any atom is 0.416 e. The first kappa shape index (κ1) is 24.5. The molecule has 0 amide bonds. The highest BCUT2D eigenvalue weighted by atomic mass is 32.2. The summed E-state index contributed by atoms with van der Waals surface area (Å²) in [6.07, 6.45) is -4.59. The third-order valence-electron chi connectivity index (χ3n) is 5.03. The third kappa shape index (κ3) is 4.64. The Labute approximate surface area is 204 Å². The van der Waals surface area contributed by atoms with Gasteiger partial charge in [-0.2, -0.15) is 13.2 Å². The molecule has 3 heterocycles. The van der Waals surface area contributed by atoms with E-state index in [9.17, 15) is 22.8 Å². The number of halogens is 3. The fourth-order valence-corrected chi connectivity index (χ4v) is 6.84. The number of alkyl halides is 3. The summed E-state index contributed by atoms with van der Waals surface area (Å²) in [6.45, 7) is 4.24. The van der Waals surface area contributed by atoms with Gasteiger partial charge in [-0.1, -0.05) is 55.1 Å². The Morgan fingerprint density at radius 2 is 1.85 bits per heavy atom. The van der Waals surface area contributed by atoms with Crippen LogP contribution in [0.5, 0.6) is 0 Å². The van der Waals surface area contributed by atoms with Crippen LogP contribution >= 0.6 is 34.4 Å². The molecule has 4 aromatic rings. The molecule has 7 nitrogen and oxygen atoms in total. The standard InChI is InChI=1S/C21H20F3N5O2S3/c1-10(2)9-29-17-14(16(30)28(3)20(29)31)15(33-19-27-26-18(25)34-19)13(32-17)8-11-6-4-5-7-12(11)21(22,23)24/h4-7,10H,8-9H2,1-3H3,(H2,25,26). The van der Waals surface area contributed by atoms with Gasteiger partial charge in [0.15, 0.2) is 4.34 Å². The predicted octanol–water partition coefficient (Wildman–Crippen LogP) is 4.61. The summed E-state index contributed by atoms with van der Waals surface area (Å²) in [5.74, 6) is 0.106. The van der Waals surface area contributed by atoms with Crippen molar-refractivity contribution < 1.29 is 13.2 Å². The molecule has 180 valence electrons. The first-order valence-corrected chi connectivity index (χ1v) is 12.6. The molecule has 2 N–H and O–H groups in total. The van der Waals surface area contributed by atoms with Crippen molar-refractivity contribution >= 4 is 49.8 Å². The number of rotatable bonds is 6. The molecule has 0 radical (unpaired) electrons. The van der Waals surface area contributed by atoms with E-state index in [0.29, 0.717) is 25.5 Å². The largest absolute Gasteiger partial charge is 0.416 e. The lowest BCUT2D eigenvalue weighted by atomic mass is 10.0. The van der Waals surface area contributed by atoms with Crippen molar-refractivity contribution in [2.75, 3.05) is 5.73 Å². The van der Waals surface area contributed by atoms with Crippen LogP contribution in [-0.2, 0) is 26.2 Å². The van der Waals surface area contributed by atoms with Crippen LogP contribution < -0.4 is 17.0 Å². The van der Waals surface area contributed by atoms with Crippen molar-refractivity contribution in [1.29, 1.82) is 0 Å². The number of fused-ring (bicyclic) bond motifs is 1. The van der Waals surface area contributed by atoms with Gasteiger partial charge >= 0.3 is 11.9 Å². The van der Waals surface area contributed by atoms with Gasteiger partial charge in [0.1, 0.15) is 4.83 Å². The van der Waals surface area contributed by atoms with Gasteiger partial charge in [0.05, 0.1) is 10.9 Å². The number of benzene rings is 1. The van der Waals surface area contributed by atoms with Crippen LogP contribution in [0.2, 0.25) is 0 Å². The second kappa shape index (κ2) is 9.19. The molecule has 0 atom stereocenters. The molecule has 0 spiro atoms. The van der Waals surface area contributed by atoms with Crippen LogP contribution in [-0.4, -0.2) is 19.3 Å². The van der Waals surface area contributed by atoms with Gasteiger partial charge < -0.3 is 5.73 Å². The SMILES string of the molecule is CC(C)Cn1c(=O)n(C)c(=O)c2c(Sc3nnc(N)s3)c(Cc3ccccc3C(F)(F)F)sc21. The Balaban J connectivity index is 1.99. The number of anilines is 1. The minimum Gasteiger partial charge on any atom is -0.374 e. The van der Waals surface area contributed by atoms with E-state index >= 15 is 0 Å². The molecule has 34 heavy (non-hydrogen) atoms. The van der Waals surface area contributed by atoms with E-state index in [0.717, 1.165) is 45.1 Å². The molecule has 0 unspecified atom stereocenters. The van der Waals surface area contributed by atoms with E-state index in [1.54, 1.807) is 6.07 Å². The highest BCUT2D eigenvalue weighted by Gasteiger charge is 2.33. The summed E-state index contributed by atoms with van der Waals surface area (Å²) in [7, 11) is 1.40. The lowest BCUT2D eigenvalue weighted by Gasteiger charge is -2.12. The van der Waals surface area contributed by atoms with E-state index < -0.39 is 23.0 Å². The van der Waals surface area contributed by atoms with E-state index in [-0.39, 0.29) is 28.4 Å². The van der Waals surface area contributed by atoms with E-state index in [1.807, 2.05) is 13.8 Å². The minimum absolute atomic E-state index is 0.0648. The smallest absolute Gasteiger partial charge is 0.374 e. The van der Waals surface area contributed by atoms with Gasteiger partial charge in [0.2, 0.25) is 5.13 Å². The Bertz CT molecular complexity index is 1480. The van der Waals surface area contributed by atoms with E-state index in [2.05, 4.69) is 10.2 Å². The van der Waals surface area contributed by atoms with Crippen LogP contribution in [0.25, 0.3) is 10.2 Å². The van der Waals surface area contributed by atoms with Crippen molar-refractivity contribution in [3.8, 4) is 0 Å². The quantitative estimate of drug-likeness (QED) is 0.393. The molecule has 0 aliphatic rings. The number of nitrogens with zero attached hydrogens (tertiary/aromatic N) is 4. The van der Waals surface area contributed by atoms with Crippen molar-refractivity contribution in [3.05, 3.63) is 61.1 Å². The number of hydrogen-bond acceptors (Lipinski definition) is 8. The van der Waals surface area contributed by atoms with Gasteiger partial charge in [0, 0.05) is 29.8 Å². The number of aromatic nitrogens is 4. The van der Waals surface area contributed by atoms with Gasteiger partial charge in [0.25, 0.3) is 5.56 Å². The van der Waals surface area contributed by atoms with Crippen molar-refractivity contribution in [3.63, 3.8) is 0 Å². The monoisotopic (exact) mass is 527 g/mol. The average molecular weight is 528 g/mol. The topological polar surface area (TPSA) is 95.8 Å². The van der Waals surface area contributed by atoms with Crippen LogP contribution in [0.3, 0.4) is 0 Å². The molecular formula is C21H20F3N5O2S3. The highest BCUT2D eigenvalue weighted by Crippen LogP contribution is 2.43. The maximum absolute atomic E-state index is 13.7. The van der Waals surface area contributed by atoms with E-state index in [1.165, 1.54) is 23.7 Å². The lowest BCUT2D eigenvalue weighted by molar-refractivity contribution is -0.138. The zero-order valence-electron chi connectivity index (χ0n) is 18.3. The van der Waals surface area contributed by atoms with Crippen molar-refractivity contribution in [2.24, 2.45) is 13.0 Å². The lowest BCUT2D eigenvalue weighted by Crippen LogP contribution is -2.38. The van der Waals surface area contributed by atoms with Gasteiger partial charge in [-0.05, 0) is 17.5 Å². The van der Waals surface area contributed by atoms with E-state index in [4.69, 9.17) is 5.73 Å². The number of hydrogen-bond donors (Lipinski definition) is 1. The first-order valence-electron chi connectivity index (χ1n) is 10.1. The first-order chi connectivity index (χ1) is 16.0. The summed E-state index contributed by atoms with van der Waals surface area (Å²) in [4.78, 5) is 27.5. The molecular weight excluding hydrogens is 507 g/mol. The van der Waals surface area contributed by atoms with Crippen LogP contribution in [0.4, 0.5) is 18.3 Å². The predicted molar refractivity (Wildman–Crippen MR) is 129 cm³/mol. The molecule has 4 rings (SSSR count). The van der Waals surface area contributed by atoms with Crippen molar-refractivity contribution in [1.82, 2.24) is 19.3 Å². The van der Waals surface area contributed by atoms with Crippen LogP contribution in [0, 0.1) is 5.92 Å². The third-order valence-corrected chi connectivity index (χ3v) is 8.33. The number of nitrogen functional groups attached to an aromatic ring is 1. The molecule has 13 heteroatoms. The minimum atomic E-state index is -4.52. The summed E-state index contributed by atoms with van der Waals surface area (Å²) in [6, 6.07) is 5.34. The molecule has 0 bridgehead atoms. The Kier molecular flexibility index (Phi) is 6.62. The highest BCUT2D eigenvalue weighted by molar-refractivity contribution is 8.01. The fourth-order valence-electron chi connectivity index (χ4n) is 3.58. The number of nitrogens with two attached hydrogens (primary N) is 1.